The highest BCUT2D eigenvalue weighted by Crippen LogP contribution is 2.32. The molecule has 8 heteroatoms. The van der Waals surface area contributed by atoms with Gasteiger partial charge in [0, 0.05) is 26.9 Å². The third-order valence-corrected chi connectivity index (χ3v) is 8.03. The molecule has 0 N–H and O–H groups in total. The van der Waals surface area contributed by atoms with E-state index in [0.29, 0.717) is 18.4 Å². The van der Waals surface area contributed by atoms with Crippen LogP contribution in [0.3, 0.4) is 0 Å². The Hall–Kier alpha value is -0.960. The van der Waals surface area contributed by atoms with Gasteiger partial charge in [-0.25, -0.2) is 13.4 Å². The van der Waals surface area contributed by atoms with E-state index in [1.165, 1.54) is 0 Å². The summed E-state index contributed by atoms with van der Waals surface area (Å²) in [7, 11) is -1.58. The zero-order valence-corrected chi connectivity index (χ0v) is 17.7. The number of hydrogen-bond donors (Lipinski definition) is 0. The van der Waals surface area contributed by atoms with Gasteiger partial charge in [0.15, 0.2) is 0 Å². The third-order valence-electron chi connectivity index (χ3n) is 6.24. The van der Waals surface area contributed by atoms with Crippen molar-refractivity contribution in [1.82, 2.24) is 14.5 Å². The van der Waals surface area contributed by atoms with E-state index in [0.717, 1.165) is 77.1 Å². The summed E-state index contributed by atoms with van der Waals surface area (Å²) < 4.78 is 38.9. The maximum atomic E-state index is 12.9. The zero-order valence-electron chi connectivity index (χ0n) is 16.9. The molecule has 2 aliphatic heterocycles. The quantitative estimate of drug-likeness (QED) is 0.620. The highest BCUT2D eigenvalue weighted by molar-refractivity contribution is 7.91. The normalized spacial score (nSPS) is 24.8. The average molecular weight is 412 g/mol. The predicted molar refractivity (Wildman–Crippen MR) is 106 cm³/mol. The summed E-state index contributed by atoms with van der Waals surface area (Å²) in [6.45, 7) is 4.97. The molecule has 158 valence electrons. The van der Waals surface area contributed by atoms with Gasteiger partial charge in [0.2, 0.25) is 15.0 Å². The van der Waals surface area contributed by atoms with Gasteiger partial charge in [0.25, 0.3) is 0 Å². The number of likely N-dealkylation sites (tertiary alicyclic amines) is 1. The van der Waals surface area contributed by atoms with Crippen LogP contribution in [0.5, 0.6) is 0 Å². The minimum atomic E-state index is -3.34. The second kappa shape index (κ2) is 8.81. The minimum Gasteiger partial charge on any atom is -0.384 e. The number of piperidine rings is 1. The summed E-state index contributed by atoms with van der Waals surface area (Å²) in [6, 6.07) is 0. The molecule has 3 aliphatic rings. The smallest absolute Gasteiger partial charge is 0.227 e. The fourth-order valence-corrected chi connectivity index (χ4v) is 6.24. The largest absolute Gasteiger partial charge is 0.384 e. The Labute approximate surface area is 168 Å². The van der Waals surface area contributed by atoms with E-state index in [2.05, 4.69) is 9.88 Å². The average Bonchev–Trinajstić information content (AvgIpc) is 3.16. The van der Waals surface area contributed by atoms with Crippen LogP contribution in [0.1, 0.15) is 44.2 Å². The highest BCUT2D eigenvalue weighted by Gasteiger charge is 2.33. The summed E-state index contributed by atoms with van der Waals surface area (Å²) in [6.07, 6.45) is 8.20. The molecule has 28 heavy (non-hydrogen) atoms. The number of aromatic nitrogens is 2. The van der Waals surface area contributed by atoms with E-state index in [1.807, 2.05) is 4.57 Å². The zero-order chi connectivity index (χ0) is 19.6. The SMILES string of the molecule is COCC1CCN(Cc2cnc(S(=O)(=O)CC3CC3)n2C[C@@H]2CCCO2)CC1. The van der Waals surface area contributed by atoms with E-state index in [1.54, 1.807) is 13.3 Å². The van der Waals surface area contributed by atoms with Crippen molar-refractivity contribution in [2.24, 2.45) is 11.8 Å². The van der Waals surface area contributed by atoms with Gasteiger partial charge in [-0.05, 0) is 63.5 Å². The fourth-order valence-electron chi connectivity index (χ4n) is 4.40. The Morgan fingerprint density at radius 1 is 1.18 bits per heavy atom. The van der Waals surface area contributed by atoms with E-state index in [-0.39, 0.29) is 17.0 Å². The lowest BCUT2D eigenvalue weighted by Crippen LogP contribution is -2.35. The van der Waals surface area contributed by atoms with Gasteiger partial charge < -0.3 is 14.0 Å². The fraction of sp³-hybridized carbons (Fsp3) is 0.850. The summed E-state index contributed by atoms with van der Waals surface area (Å²) in [5.41, 5.74) is 0.995. The first kappa shape index (κ1) is 20.3. The van der Waals surface area contributed by atoms with Gasteiger partial charge in [-0.1, -0.05) is 0 Å². The summed E-state index contributed by atoms with van der Waals surface area (Å²) >= 11 is 0. The van der Waals surface area contributed by atoms with E-state index >= 15 is 0 Å². The van der Waals surface area contributed by atoms with Crippen molar-refractivity contribution in [2.45, 2.75) is 62.9 Å². The molecule has 1 aromatic heterocycles. The van der Waals surface area contributed by atoms with Gasteiger partial charge in [0.05, 0.1) is 30.3 Å². The van der Waals surface area contributed by atoms with Crippen molar-refractivity contribution in [1.29, 1.82) is 0 Å². The van der Waals surface area contributed by atoms with Crippen LogP contribution in [-0.2, 0) is 32.4 Å². The molecule has 0 radical (unpaired) electrons. The molecule has 1 aromatic rings. The van der Waals surface area contributed by atoms with Crippen molar-refractivity contribution in [3.8, 4) is 0 Å². The van der Waals surface area contributed by atoms with Gasteiger partial charge >= 0.3 is 0 Å². The molecule has 0 bridgehead atoms. The topological polar surface area (TPSA) is 73.7 Å². The Morgan fingerprint density at radius 3 is 2.61 bits per heavy atom. The molecule has 7 nitrogen and oxygen atoms in total. The first-order chi connectivity index (χ1) is 13.5. The molecule has 3 fully saturated rings. The van der Waals surface area contributed by atoms with E-state index < -0.39 is 9.84 Å². The van der Waals surface area contributed by atoms with Crippen molar-refractivity contribution < 1.29 is 17.9 Å². The molecule has 4 rings (SSSR count). The van der Waals surface area contributed by atoms with Crippen LogP contribution in [-0.4, -0.2) is 68.1 Å². The van der Waals surface area contributed by atoms with Crippen molar-refractivity contribution >= 4 is 9.84 Å². The number of methoxy groups -OCH3 is 1. The molecule has 0 spiro atoms. The number of hydrogen-bond acceptors (Lipinski definition) is 6. The predicted octanol–water partition coefficient (Wildman–Crippen LogP) is 2.10. The molecule has 0 amide bonds. The number of rotatable bonds is 9. The standard InChI is InChI=1S/C20H33N3O4S/c1-26-14-16-6-8-22(9-7-16)12-18-11-21-20(28(24,25)15-17-4-5-17)23(18)13-19-3-2-10-27-19/h11,16-17,19H,2-10,12-15H2,1H3/t19-/m0/s1. The highest BCUT2D eigenvalue weighted by atomic mass is 32.2. The summed E-state index contributed by atoms with van der Waals surface area (Å²) in [5, 5.41) is 0.249. The molecule has 1 atom stereocenters. The maximum Gasteiger partial charge on any atom is 0.227 e. The lowest BCUT2D eigenvalue weighted by Gasteiger charge is -2.31. The van der Waals surface area contributed by atoms with Crippen molar-refractivity contribution in [2.75, 3.05) is 39.2 Å². The van der Waals surface area contributed by atoms with Crippen molar-refractivity contribution in [3.05, 3.63) is 11.9 Å². The maximum absolute atomic E-state index is 12.9. The van der Waals surface area contributed by atoms with E-state index in [9.17, 15) is 8.42 Å². The number of ether oxygens (including phenoxy) is 2. The Kier molecular flexibility index (Phi) is 6.40. The number of imidazole rings is 1. The first-order valence-electron chi connectivity index (χ1n) is 10.6. The van der Waals surface area contributed by atoms with Crippen LogP contribution in [0.2, 0.25) is 0 Å². The molecular weight excluding hydrogens is 378 g/mol. The lowest BCUT2D eigenvalue weighted by molar-refractivity contribution is 0.0878. The van der Waals surface area contributed by atoms with Crippen LogP contribution in [0, 0.1) is 11.8 Å². The third kappa shape index (κ3) is 4.96. The molecular formula is C20H33N3O4S. The second-order valence-corrected chi connectivity index (χ2v) is 10.6. The van der Waals surface area contributed by atoms with E-state index in [4.69, 9.17) is 9.47 Å². The minimum absolute atomic E-state index is 0.0928. The molecule has 2 saturated heterocycles. The summed E-state index contributed by atoms with van der Waals surface area (Å²) in [4.78, 5) is 6.80. The molecule has 1 saturated carbocycles. The van der Waals surface area contributed by atoms with Crippen LogP contribution >= 0.6 is 0 Å². The Balaban J connectivity index is 1.49. The molecule has 0 unspecified atom stereocenters. The van der Waals surface area contributed by atoms with Gasteiger partial charge in [-0.3, -0.25) is 4.90 Å². The monoisotopic (exact) mass is 411 g/mol. The summed E-state index contributed by atoms with van der Waals surface area (Å²) in [5.74, 6) is 1.19. The Bertz CT molecular complexity index is 746. The van der Waals surface area contributed by atoms with Crippen LogP contribution < -0.4 is 0 Å². The molecule has 3 heterocycles. The molecule has 0 aromatic carbocycles. The van der Waals surface area contributed by atoms with Crippen LogP contribution in [0.15, 0.2) is 11.4 Å². The first-order valence-corrected chi connectivity index (χ1v) is 12.3. The van der Waals surface area contributed by atoms with Gasteiger partial charge in [-0.2, -0.15) is 0 Å². The lowest BCUT2D eigenvalue weighted by atomic mass is 9.98. The van der Waals surface area contributed by atoms with Crippen molar-refractivity contribution in [3.63, 3.8) is 0 Å². The second-order valence-electron chi connectivity index (χ2n) is 8.68. The molecule has 1 aliphatic carbocycles. The van der Waals surface area contributed by atoms with Crippen LogP contribution in [0.4, 0.5) is 0 Å². The number of nitrogens with zero attached hydrogens (tertiary/aromatic N) is 3. The number of sulfone groups is 1. The van der Waals surface area contributed by atoms with Crippen LogP contribution in [0.25, 0.3) is 0 Å². The Morgan fingerprint density at radius 2 is 1.96 bits per heavy atom. The van der Waals surface area contributed by atoms with Gasteiger partial charge in [0.1, 0.15) is 0 Å². The van der Waals surface area contributed by atoms with Gasteiger partial charge in [-0.15, -0.1) is 0 Å².